The third-order valence-electron chi connectivity index (χ3n) is 3.71. The third-order valence-corrected chi connectivity index (χ3v) is 3.71. The summed E-state index contributed by atoms with van der Waals surface area (Å²) in [7, 11) is 1.68. The quantitative estimate of drug-likeness (QED) is 0.697. The first-order chi connectivity index (χ1) is 7.22. The van der Waals surface area contributed by atoms with Crippen molar-refractivity contribution in [2.45, 2.75) is 44.8 Å². The molecule has 2 aliphatic rings. The molecule has 2 fully saturated rings. The fourth-order valence-electron chi connectivity index (χ4n) is 2.74. The lowest BCUT2D eigenvalue weighted by atomic mass is 9.81. The minimum atomic E-state index is 0.123. The molecule has 2 heterocycles. The molecule has 2 aliphatic heterocycles. The van der Waals surface area contributed by atoms with Crippen molar-refractivity contribution in [3.8, 4) is 0 Å². The number of carbonyl (C=O) groups excluding carboxylic acids is 1. The molecular formula is C12H20O3. The Morgan fingerprint density at radius 1 is 1.53 bits per heavy atom. The van der Waals surface area contributed by atoms with E-state index in [0.717, 1.165) is 25.7 Å². The van der Waals surface area contributed by atoms with Crippen molar-refractivity contribution < 1.29 is 14.3 Å². The van der Waals surface area contributed by atoms with Gasteiger partial charge in [0, 0.05) is 25.6 Å². The van der Waals surface area contributed by atoms with Crippen LogP contribution in [0.2, 0.25) is 0 Å². The topological polar surface area (TPSA) is 35.5 Å². The van der Waals surface area contributed by atoms with Gasteiger partial charge >= 0.3 is 0 Å². The van der Waals surface area contributed by atoms with Crippen LogP contribution in [0.25, 0.3) is 0 Å². The van der Waals surface area contributed by atoms with Crippen molar-refractivity contribution in [3.05, 3.63) is 0 Å². The molecule has 0 aromatic carbocycles. The maximum atomic E-state index is 12.1. The Hall–Kier alpha value is -0.410. The second-order valence-electron chi connectivity index (χ2n) is 4.80. The molecule has 0 amide bonds. The number of rotatable bonds is 5. The van der Waals surface area contributed by atoms with Gasteiger partial charge < -0.3 is 9.47 Å². The predicted molar refractivity (Wildman–Crippen MR) is 56.7 cm³/mol. The highest BCUT2D eigenvalue weighted by molar-refractivity contribution is 5.84. The molecule has 4 unspecified atom stereocenters. The van der Waals surface area contributed by atoms with Crippen molar-refractivity contribution >= 4 is 5.78 Å². The number of ether oxygens (including phenoxy) is 2. The number of hydrogen-bond donors (Lipinski definition) is 0. The lowest BCUT2D eigenvalue weighted by molar-refractivity contribution is -0.128. The largest absolute Gasteiger partial charge is 0.385 e. The highest BCUT2D eigenvalue weighted by Crippen LogP contribution is 2.40. The molecule has 2 rings (SSSR count). The lowest BCUT2D eigenvalue weighted by Gasteiger charge is -2.20. The van der Waals surface area contributed by atoms with Crippen LogP contribution in [0.5, 0.6) is 0 Å². The first-order valence-corrected chi connectivity index (χ1v) is 5.90. The smallest absolute Gasteiger partial charge is 0.141 e. The number of ketones is 1. The van der Waals surface area contributed by atoms with Gasteiger partial charge in [-0.2, -0.15) is 0 Å². The van der Waals surface area contributed by atoms with Gasteiger partial charge in [0.1, 0.15) is 5.78 Å². The minimum Gasteiger partial charge on any atom is -0.385 e. The van der Waals surface area contributed by atoms with Crippen molar-refractivity contribution in [1.29, 1.82) is 0 Å². The van der Waals surface area contributed by atoms with Gasteiger partial charge in [0.15, 0.2) is 0 Å². The lowest BCUT2D eigenvalue weighted by Crippen LogP contribution is -2.30. The molecule has 2 bridgehead atoms. The Morgan fingerprint density at radius 2 is 2.33 bits per heavy atom. The molecule has 0 aromatic heterocycles. The van der Waals surface area contributed by atoms with Crippen LogP contribution in [0.15, 0.2) is 0 Å². The number of methoxy groups -OCH3 is 1. The van der Waals surface area contributed by atoms with Gasteiger partial charge in [-0.15, -0.1) is 0 Å². The Bertz CT molecular complexity index is 239. The van der Waals surface area contributed by atoms with Crippen molar-refractivity contribution in [1.82, 2.24) is 0 Å². The molecule has 3 nitrogen and oxygen atoms in total. The normalized spacial score (nSPS) is 35.7. The first kappa shape index (κ1) is 11.1. The van der Waals surface area contributed by atoms with Gasteiger partial charge in [-0.25, -0.2) is 0 Å². The molecule has 0 spiro atoms. The van der Waals surface area contributed by atoms with E-state index < -0.39 is 0 Å². The highest BCUT2D eigenvalue weighted by Gasteiger charge is 2.44. The molecule has 86 valence electrons. The zero-order valence-corrected chi connectivity index (χ0v) is 9.57. The van der Waals surface area contributed by atoms with Crippen molar-refractivity contribution in [2.75, 3.05) is 13.7 Å². The second-order valence-corrected chi connectivity index (χ2v) is 4.80. The van der Waals surface area contributed by atoms with E-state index in [0.29, 0.717) is 18.5 Å². The van der Waals surface area contributed by atoms with Gasteiger partial charge in [0.2, 0.25) is 0 Å². The van der Waals surface area contributed by atoms with Gasteiger partial charge in [-0.05, 0) is 25.7 Å². The molecule has 0 saturated carbocycles. The fourth-order valence-corrected chi connectivity index (χ4v) is 2.74. The number of Topliss-reactive ketones (excluding diaryl/α,β-unsaturated/α-hetero) is 1. The zero-order valence-electron chi connectivity index (χ0n) is 9.57. The molecular weight excluding hydrogens is 192 g/mol. The van der Waals surface area contributed by atoms with Crippen molar-refractivity contribution in [3.63, 3.8) is 0 Å². The summed E-state index contributed by atoms with van der Waals surface area (Å²) in [6.07, 6.45) is 4.63. The van der Waals surface area contributed by atoms with E-state index in [1.165, 1.54) is 0 Å². The Labute approximate surface area is 91.1 Å². The molecule has 0 aliphatic carbocycles. The van der Waals surface area contributed by atoms with Crippen LogP contribution in [0.3, 0.4) is 0 Å². The van der Waals surface area contributed by atoms with Crippen LogP contribution >= 0.6 is 0 Å². The van der Waals surface area contributed by atoms with Gasteiger partial charge in [0.25, 0.3) is 0 Å². The summed E-state index contributed by atoms with van der Waals surface area (Å²) >= 11 is 0. The standard InChI is InChI=1S/C12H20O3/c1-8(5-6-14-2)12(13)10-7-9-3-4-11(10)15-9/h8-11H,3-7H2,1-2H3. The second kappa shape index (κ2) is 4.62. The van der Waals surface area contributed by atoms with E-state index >= 15 is 0 Å². The number of carbonyl (C=O) groups is 1. The maximum Gasteiger partial charge on any atom is 0.141 e. The molecule has 15 heavy (non-hydrogen) atoms. The molecule has 0 N–H and O–H groups in total. The van der Waals surface area contributed by atoms with Gasteiger partial charge in [0.05, 0.1) is 12.2 Å². The summed E-state index contributed by atoms with van der Waals surface area (Å²) in [5.41, 5.74) is 0. The first-order valence-electron chi connectivity index (χ1n) is 5.90. The Kier molecular flexibility index (Phi) is 3.42. The number of fused-ring (bicyclic) bond motifs is 2. The average Bonchev–Trinajstić information content (AvgIpc) is 2.86. The molecule has 3 heteroatoms. The Morgan fingerprint density at radius 3 is 2.87 bits per heavy atom. The zero-order chi connectivity index (χ0) is 10.8. The summed E-state index contributed by atoms with van der Waals surface area (Å²) in [5.74, 6) is 0.688. The van der Waals surface area contributed by atoms with E-state index in [2.05, 4.69) is 0 Å². The van der Waals surface area contributed by atoms with Gasteiger partial charge in [-0.3, -0.25) is 4.79 Å². The maximum absolute atomic E-state index is 12.1. The molecule has 0 radical (unpaired) electrons. The molecule has 4 atom stereocenters. The summed E-state index contributed by atoms with van der Waals surface area (Å²) < 4.78 is 10.7. The fraction of sp³-hybridized carbons (Fsp3) is 0.917. The summed E-state index contributed by atoms with van der Waals surface area (Å²) in [6.45, 7) is 2.68. The van der Waals surface area contributed by atoms with Crippen LogP contribution < -0.4 is 0 Å². The van der Waals surface area contributed by atoms with E-state index in [1.54, 1.807) is 7.11 Å². The minimum absolute atomic E-state index is 0.123. The van der Waals surface area contributed by atoms with Crippen LogP contribution in [0.4, 0.5) is 0 Å². The third kappa shape index (κ3) is 2.23. The molecule has 0 aromatic rings. The van der Waals surface area contributed by atoms with Crippen molar-refractivity contribution in [2.24, 2.45) is 11.8 Å². The Balaban J connectivity index is 1.85. The summed E-state index contributed by atoms with van der Waals surface area (Å²) in [4.78, 5) is 12.1. The van der Waals surface area contributed by atoms with Crippen LogP contribution in [-0.2, 0) is 14.3 Å². The SMILES string of the molecule is COCCC(C)C(=O)C1CC2CCC1O2. The monoisotopic (exact) mass is 212 g/mol. The van der Waals surface area contributed by atoms with E-state index in [-0.39, 0.29) is 17.9 Å². The van der Waals surface area contributed by atoms with Crippen LogP contribution in [0, 0.1) is 11.8 Å². The molecule has 2 saturated heterocycles. The van der Waals surface area contributed by atoms with Crippen LogP contribution in [0.1, 0.15) is 32.6 Å². The average molecular weight is 212 g/mol. The summed E-state index contributed by atoms with van der Waals surface area (Å²) in [5, 5.41) is 0. The predicted octanol–water partition coefficient (Wildman–Crippen LogP) is 1.80. The van der Waals surface area contributed by atoms with E-state index in [4.69, 9.17) is 9.47 Å². The van der Waals surface area contributed by atoms with Crippen LogP contribution in [-0.4, -0.2) is 31.7 Å². The van der Waals surface area contributed by atoms with E-state index in [1.807, 2.05) is 6.92 Å². The summed E-state index contributed by atoms with van der Waals surface area (Å²) in [6, 6.07) is 0. The number of hydrogen-bond acceptors (Lipinski definition) is 3. The van der Waals surface area contributed by atoms with Gasteiger partial charge in [-0.1, -0.05) is 6.92 Å². The van der Waals surface area contributed by atoms with E-state index in [9.17, 15) is 4.79 Å². The highest BCUT2D eigenvalue weighted by atomic mass is 16.5.